The van der Waals surface area contributed by atoms with E-state index in [-0.39, 0.29) is 5.91 Å². The van der Waals surface area contributed by atoms with Crippen LogP contribution < -0.4 is 5.73 Å². The van der Waals surface area contributed by atoms with Crippen LogP contribution in [-0.4, -0.2) is 12.1 Å². The van der Waals surface area contributed by atoms with Crippen LogP contribution in [-0.2, 0) is 11.2 Å². The molecule has 0 atom stereocenters. The molecule has 0 unspecified atom stereocenters. The minimum atomic E-state index is -0.381. The molecule has 0 fully saturated rings. The Morgan fingerprint density at radius 1 is 1.36 bits per heavy atom. The number of hydrogen-bond donors (Lipinski definition) is 1. The predicted molar refractivity (Wildman–Crippen MR) is 55.6 cm³/mol. The second-order valence-electron chi connectivity index (χ2n) is 3.14. The molecule has 0 radical (unpaired) electrons. The van der Waals surface area contributed by atoms with Gasteiger partial charge in [0.05, 0.1) is 5.69 Å². The van der Waals surface area contributed by atoms with E-state index in [1.165, 1.54) is 0 Å². The number of carbonyl (C=O) groups is 1. The second kappa shape index (κ2) is 3.46. The molecule has 1 heterocycles. The third-order valence-electron chi connectivity index (χ3n) is 2.18. The monoisotopic (exact) mass is 186 g/mol. The van der Waals surface area contributed by atoms with Crippen molar-refractivity contribution < 1.29 is 4.79 Å². The number of allylic oxidation sites excluding steroid dienone is 1. The van der Waals surface area contributed by atoms with Crippen LogP contribution in [0, 0.1) is 0 Å². The van der Waals surface area contributed by atoms with Gasteiger partial charge in [0.25, 0.3) is 0 Å². The third kappa shape index (κ3) is 1.57. The van der Waals surface area contributed by atoms with Crippen molar-refractivity contribution in [2.24, 2.45) is 10.7 Å². The molecular weight excluding hydrogens is 176 g/mol. The molecular formula is C11H10N2O. The van der Waals surface area contributed by atoms with Crippen LogP contribution >= 0.6 is 0 Å². The Balaban J connectivity index is 2.42. The van der Waals surface area contributed by atoms with E-state index >= 15 is 0 Å². The van der Waals surface area contributed by atoms with E-state index in [4.69, 9.17) is 5.73 Å². The Morgan fingerprint density at radius 2 is 2.14 bits per heavy atom. The van der Waals surface area contributed by atoms with Crippen molar-refractivity contribution in [3.05, 3.63) is 41.5 Å². The zero-order valence-electron chi connectivity index (χ0n) is 7.60. The van der Waals surface area contributed by atoms with Gasteiger partial charge < -0.3 is 5.73 Å². The van der Waals surface area contributed by atoms with Gasteiger partial charge in [0.2, 0.25) is 5.91 Å². The molecule has 0 aliphatic carbocycles. The van der Waals surface area contributed by atoms with Crippen molar-refractivity contribution in [1.82, 2.24) is 0 Å². The summed E-state index contributed by atoms with van der Waals surface area (Å²) < 4.78 is 0. The van der Waals surface area contributed by atoms with Crippen LogP contribution in [0.3, 0.4) is 0 Å². The Kier molecular flexibility index (Phi) is 2.14. The fourth-order valence-corrected chi connectivity index (χ4v) is 1.43. The third-order valence-corrected chi connectivity index (χ3v) is 2.18. The Bertz CT molecular complexity index is 433. The Labute approximate surface area is 82.0 Å². The normalized spacial score (nSPS) is 14.1. The van der Waals surface area contributed by atoms with Crippen LogP contribution in [0.25, 0.3) is 0 Å². The summed E-state index contributed by atoms with van der Waals surface area (Å²) in [5.74, 6) is -0.381. The number of primary amides is 1. The van der Waals surface area contributed by atoms with Crippen LogP contribution in [0.15, 0.2) is 40.9 Å². The van der Waals surface area contributed by atoms with E-state index in [1.807, 2.05) is 24.3 Å². The van der Waals surface area contributed by atoms with Crippen molar-refractivity contribution in [2.75, 3.05) is 0 Å². The molecule has 14 heavy (non-hydrogen) atoms. The highest BCUT2D eigenvalue weighted by Crippen LogP contribution is 2.23. The van der Waals surface area contributed by atoms with Gasteiger partial charge >= 0.3 is 0 Å². The molecule has 0 saturated heterocycles. The quantitative estimate of drug-likeness (QED) is 0.707. The number of nitrogens with zero attached hydrogens (tertiary/aromatic N) is 1. The largest absolute Gasteiger partial charge is 0.366 e. The van der Waals surface area contributed by atoms with Crippen molar-refractivity contribution in [2.45, 2.75) is 6.42 Å². The minimum Gasteiger partial charge on any atom is -0.366 e. The number of nitrogens with two attached hydrogens (primary N) is 1. The van der Waals surface area contributed by atoms with E-state index in [0.717, 1.165) is 11.3 Å². The number of hydrogen-bond acceptors (Lipinski definition) is 2. The zero-order chi connectivity index (χ0) is 9.97. The second-order valence-corrected chi connectivity index (χ2v) is 3.14. The van der Waals surface area contributed by atoms with Gasteiger partial charge in [-0.15, -0.1) is 0 Å². The molecule has 0 aromatic heterocycles. The molecule has 3 nitrogen and oxygen atoms in total. The van der Waals surface area contributed by atoms with E-state index in [2.05, 4.69) is 4.99 Å². The fourth-order valence-electron chi connectivity index (χ4n) is 1.43. The average Bonchev–Trinajstić information content (AvgIpc) is 2.39. The van der Waals surface area contributed by atoms with E-state index in [1.54, 1.807) is 12.3 Å². The predicted octanol–water partition coefficient (Wildman–Crippen LogP) is 1.36. The molecule has 3 heteroatoms. The number of fused-ring (bicyclic) bond motifs is 1. The molecule has 1 amide bonds. The summed E-state index contributed by atoms with van der Waals surface area (Å²) >= 11 is 0. The smallest absolute Gasteiger partial charge is 0.245 e. The van der Waals surface area contributed by atoms with Crippen molar-refractivity contribution >= 4 is 17.8 Å². The number of amides is 1. The van der Waals surface area contributed by atoms with Gasteiger partial charge in [-0.25, -0.2) is 0 Å². The molecule has 2 N–H and O–H groups in total. The summed E-state index contributed by atoms with van der Waals surface area (Å²) in [4.78, 5) is 15.2. The SMILES string of the molecule is NC(=O)C1=CC=Nc2ccccc2C1. The maximum absolute atomic E-state index is 11.0. The maximum atomic E-state index is 11.0. The fraction of sp³-hybridized carbons (Fsp3) is 0.0909. The average molecular weight is 186 g/mol. The summed E-state index contributed by atoms with van der Waals surface area (Å²) in [5.41, 5.74) is 7.76. The molecule has 1 aliphatic rings. The van der Waals surface area contributed by atoms with E-state index in [9.17, 15) is 4.79 Å². The first-order valence-electron chi connectivity index (χ1n) is 4.38. The standard InChI is InChI=1S/C11H10N2O/c12-11(14)9-5-6-13-10-4-2-1-3-8(10)7-9/h1-6H,7H2,(H2,12,14). The van der Waals surface area contributed by atoms with Crippen molar-refractivity contribution in [1.29, 1.82) is 0 Å². The van der Waals surface area contributed by atoms with E-state index < -0.39 is 0 Å². The van der Waals surface area contributed by atoms with Crippen LogP contribution in [0.4, 0.5) is 5.69 Å². The lowest BCUT2D eigenvalue weighted by molar-refractivity contribution is -0.114. The molecule has 1 aliphatic heterocycles. The Morgan fingerprint density at radius 3 is 2.93 bits per heavy atom. The molecule has 0 bridgehead atoms. The Hall–Kier alpha value is -1.90. The zero-order valence-corrected chi connectivity index (χ0v) is 7.60. The summed E-state index contributed by atoms with van der Waals surface area (Å²) in [7, 11) is 0. The van der Waals surface area contributed by atoms with Gasteiger partial charge in [0.1, 0.15) is 0 Å². The van der Waals surface area contributed by atoms with Gasteiger partial charge in [0, 0.05) is 18.2 Å². The summed E-state index contributed by atoms with van der Waals surface area (Å²) in [6, 6.07) is 7.72. The number of benzene rings is 1. The molecule has 0 saturated carbocycles. The molecule has 2 rings (SSSR count). The number of rotatable bonds is 1. The molecule has 0 spiro atoms. The van der Waals surface area contributed by atoms with Crippen molar-refractivity contribution in [3.63, 3.8) is 0 Å². The maximum Gasteiger partial charge on any atom is 0.245 e. The van der Waals surface area contributed by atoms with Gasteiger partial charge in [0.15, 0.2) is 0 Å². The topological polar surface area (TPSA) is 55.5 Å². The minimum absolute atomic E-state index is 0.381. The number of para-hydroxylation sites is 1. The summed E-state index contributed by atoms with van der Waals surface area (Å²) in [6.45, 7) is 0. The van der Waals surface area contributed by atoms with Crippen LogP contribution in [0.1, 0.15) is 5.56 Å². The van der Waals surface area contributed by atoms with E-state index in [0.29, 0.717) is 12.0 Å². The van der Waals surface area contributed by atoms with Crippen LogP contribution in [0.5, 0.6) is 0 Å². The highest BCUT2D eigenvalue weighted by atomic mass is 16.1. The lowest BCUT2D eigenvalue weighted by Gasteiger charge is -2.03. The first-order chi connectivity index (χ1) is 6.77. The van der Waals surface area contributed by atoms with Gasteiger partial charge in [-0.05, 0) is 17.7 Å². The van der Waals surface area contributed by atoms with Crippen molar-refractivity contribution in [3.8, 4) is 0 Å². The summed E-state index contributed by atoms with van der Waals surface area (Å²) in [6.07, 6.45) is 3.85. The molecule has 1 aromatic carbocycles. The highest BCUT2D eigenvalue weighted by Gasteiger charge is 2.10. The number of aliphatic imine (C=N–C) groups is 1. The lowest BCUT2D eigenvalue weighted by atomic mass is 10.0. The van der Waals surface area contributed by atoms with Gasteiger partial charge in [-0.1, -0.05) is 18.2 Å². The highest BCUT2D eigenvalue weighted by molar-refractivity contribution is 5.97. The van der Waals surface area contributed by atoms with Crippen LogP contribution in [0.2, 0.25) is 0 Å². The number of carbonyl (C=O) groups excluding carboxylic acids is 1. The van der Waals surface area contributed by atoms with Gasteiger partial charge in [-0.2, -0.15) is 0 Å². The first kappa shape index (κ1) is 8.69. The lowest BCUT2D eigenvalue weighted by Crippen LogP contribution is -2.15. The summed E-state index contributed by atoms with van der Waals surface area (Å²) in [5, 5.41) is 0. The molecule has 70 valence electrons. The first-order valence-corrected chi connectivity index (χ1v) is 4.38. The molecule has 1 aromatic rings. The van der Waals surface area contributed by atoms with Gasteiger partial charge in [-0.3, -0.25) is 9.79 Å².